The van der Waals surface area contributed by atoms with E-state index in [-0.39, 0.29) is 60.4 Å². The number of nitrogens with one attached hydrogen (secondary N) is 4. The molecular weight excluding hydrogens is 835 g/mol. The number of fused-ring (bicyclic) bond motifs is 1. The zero-order chi connectivity index (χ0) is 45.9. The average molecular weight is 898 g/mol. The van der Waals surface area contributed by atoms with Gasteiger partial charge in [-0.1, -0.05) is 106 Å². The number of amides is 5. The van der Waals surface area contributed by atoms with Gasteiger partial charge in [0.15, 0.2) is 0 Å². The van der Waals surface area contributed by atoms with Gasteiger partial charge in [0, 0.05) is 38.5 Å². The molecule has 5 amide bonds. The van der Waals surface area contributed by atoms with E-state index < -0.39 is 39.7 Å². The molecule has 0 radical (unpaired) electrons. The van der Waals surface area contributed by atoms with Crippen molar-refractivity contribution in [1.82, 2.24) is 25.6 Å². The fourth-order valence-electron chi connectivity index (χ4n) is 8.44. The molecule has 1 saturated carbocycles. The zero-order valence-electron chi connectivity index (χ0n) is 36.8. The molecule has 15 nitrogen and oxygen atoms in total. The van der Waals surface area contributed by atoms with Crippen LogP contribution in [0.25, 0.3) is 0 Å². The van der Waals surface area contributed by atoms with E-state index in [1.165, 1.54) is 17.0 Å². The highest BCUT2D eigenvalue weighted by Gasteiger charge is 2.36. The summed E-state index contributed by atoms with van der Waals surface area (Å²) in [5, 5.41) is 8.28. The lowest BCUT2D eigenvalue weighted by Crippen LogP contribution is -2.55. The normalized spacial score (nSPS) is 15.6. The number of ketones is 1. The Morgan fingerprint density at radius 2 is 1.30 bits per heavy atom. The van der Waals surface area contributed by atoms with Gasteiger partial charge in [0.2, 0.25) is 27.6 Å². The van der Waals surface area contributed by atoms with E-state index in [0.717, 1.165) is 64.2 Å². The first-order chi connectivity index (χ1) is 30.9. The van der Waals surface area contributed by atoms with Gasteiger partial charge in [-0.05, 0) is 81.2 Å². The first-order valence-corrected chi connectivity index (χ1v) is 24.1. The topological polar surface area (TPSA) is 226 Å². The van der Waals surface area contributed by atoms with Crippen LogP contribution in [-0.2, 0) is 35.6 Å². The Labute approximate surface area is 376 Å². The van der Waals surface area contributed by atoms with Crippen LogP contribution in [0, 0.1) is 11.8 Å². The van der Waals surface area contributed by atoms with Gasteiger partial charge >= 0.3 is 0 Å². The Bertz CT molecular complexity index is 2160. The fourth-order valence-corrected chi connectivity index (χ4v) is 9.50. The molecule has 6 N–H and O–H groups in total. The molecule has 0 bridgehead atoms. The Morgan fingerprint density at radius 3 is 1.94 bits per heavy atom. The predicted octanol–water partition coefficient (Wildman–Crippen LogP) is 4.85. The summed E-state index contributed by atoms with van der Waals surface area (Å²) in [7, 11) is -3.83. The summed E-state index contributed by atoms with van der Waals surface area (Å²) in [5.74, 6) is -2.92. The standard InChI is InChI=1S/C48H63N7O8S/c1-34(49)50-29-18-28-41(45(58)54-42(33-35-19-8-6-9-20-35)43(56)46(59)51-30-31-52-64(62,63)37-23-10-7-11-24-37)53-44(57)38(36-21-13-14-22-36)25-12-4-2-3-5-17-32-55-47(60)39-26-15-16-27-40(39)48(55)61/h6-11,15-16,19-20,23-24,26-27,36,38,41-42,52H,2-5,12-14,17-18,21-22,25,28-33H2,1H3,(H2,49,50)(H,51,59)(H,53,57)(H,54,58)/t38?,41-,42-/m0/s1. The van der Waals surface area contributed by atoms with Crippen LogP contribution in [0.4, 0.5) is 0 Å². The maximum absolute atomic E-state index is 14.2. The van der Waals surface area contributed by atoms with E-state index in [4.69, 9.17) is 5.73 Å². The molecule has 64 heavy (non-hydrogen) atoms. The number of unbranched alkanes of at least 4 members (excludes halogenated alkanes) is 5. The molecule has 3 aromatic carbocycles. The van der Waals surface area contributed by atoms with Crippen molar-refractivity contribution in [2.75, 3.05) is 26.2 Å². The first kappa shape index (κ1) is 49.3. The van der Waals surface area contributed by atoms with Crippen molar-refractivity contribution in [2.24, 2.45) is 22.6 Å². The summed E-state index contributed by atoms with van der Waals surface area (Å²) in [4.78, 5) is 86.3. The molecule has 16 heteroatoms. The number of hydrogen-bond donors (Lipinski definition) is 5. The third-order valence-electron chi connectivity index (χ3n) is 11.9. The van der Waals surface area contributed by atoms with Crippen LogP contribution < -0.4 is 26.4 Å². The number of Topliss-reactive ketones (excluding diaryl/α,β-unsaturated/α-hetero) is 1. The van der Waals surface area contributed by atoms with E-state index >= 15 is 0 Å². The summed E-state index contributed by atoms with van der Waals surface area (Å²) in [6.45, 7) is 2.03. The number of carbonyl (C=O) groups is 6. The van der Waals surface area contributed by atoms with Gasteiger partial charge in [-0.15, -0.1) is 0 Å². The van der Waals surface area contributed by atoms with Gasteiger partial charge in [-0.3, -0.25) is 38.7 Å². The number of benzene rings is 3. The average Bonchev–Trinajstić information content (AvgIpc) is 3.91. The molecule has 0 saturated heterocycles. The van der Waals surface area contributed by atoms with E-state index in [1.54, 1.807) is 73.7 Å². The van der Waals surface area contributed by atoms with Gasteiger partial charge in [0.1, 0.15) is 12.1 Å². The van der Waals surface area contributed by atoms with E-state index in [9.17, 15) is 37.2 Å². The lowest BCUT2D eigenvalue weighted by molar-refractivity contribution is -0.140. The highest BCUT2D eigenvalue weighted by Crippen LogP contribution is 2.35. The highest BCUT2D eigenvalue weighted by molar-refractivity contribution is 7.89. The molecule has 344 valence electrons. The third kappa shape index (κ3) is 14.7. The molecular formula is C48H63N7O8S. The van der Waals surface area contributed by atoms with E-state index in [1.807, 2.05) is 6.07 Å². The largest absolute Gasteiger partial charge is 0.388 e. The second-order valence-electron chi connectivity index (χ2n) is 16.7. The second kappa shape index (κ2) is 24.9. The molecule has 2 aliphatic rings. The van der Waals surface area contributed by atoms with Crippen LogP contribution in [0.15, 0.2) is 94.8 Å². The van der Waals surface area contributed by atoms with Gasteiger partial charge in [0.05, 0.1) is 21.9 Å². The molecule has 1 aliphatic carbocycles. The molecule has 0 spiro atoms. The Hall–Kier alpha value is -5.74. The molecule has 1 fully saturated rings. The number of rotatable bonds is 27. The lowest BCUT2D eigenvalue weighted by Gasteiger charge is -2.27. The SMILES string of the molecule is CC(N)=NCCC[C@H](NC(=O)C(CCCCCCCCN1C(=O)c2ccccc2C1=O)C1CCCC1)C(=O)N[C@@H](Cc1ccccc1)C(=O)C(=O)NCCNS(=O)(=O)c1ccccc1. The van der Waals surface area contributed by atoms with Crippen molar-refractivity contribution >= 4 is 51.2 Å². The Morgan fingerprint density at radius 1 is 0.719 bits per heavy atom. The highest BCUT2D eigenvalue weighted by atomic mass is 32.2. The summed E-state index contributed by atoms with van der Waals surface area (Å²) < 4.78 is 27.6. The van der Waals surface area contributed by atoms with Crippen LogP contribution in [0.3, 0.4) is 0 Å². The Kier molecular flexibility index (Phi) is 19.2. The van der Waals surface area contributed by atoms with Gasteiger partial charge in [-0.2, -0.15) is 0 Å². The lowest BCUT2D eigenvalue weighted by atomic mass is 9.85. The maximum Gasteiger partial charge on any atom is 0.289 e. The van der Waals surface area contributed by atoms with Crippen molar-refractivity contribution in [2.45, 2.75) is 114 Å². The van der Waals surface area contributed by atoms with Crippen molar-refractivity contribution in [1.29, 1.82) is 0 Å². The molecule has 3 atom stereocenters. The van der Waals surface area contributed by atoms with Crippen molar-refractivity contribution in [3.8, 4) is 0 Å². The van der Waals surface area contributed by atoms with Gasteiger partial charge < -0.3 is 21.7 Å². The molecule has 3 aromatic rings. The van der Waals surface area contributed by atoms with Gasteiger partial charge in [-0.25, -0.2) is 13.1 Å². The molecule has 1 heterocycles. The molecule has 0 aromatic heterocycles. The van der Waals surface area contributed by atoms with Crippen LogP contribution in [0.2, 0.25) is 0 Å². The number of sulfonamides is 1. The minimum atomic E-state index is -3.83. The number of nitrogens with two attached hydrogens (primary N) is 1. The summed E-state index contributed by atoms with van der Waals surface area (Å²) in [6.07, 6.45) is 10.4. The van der Waals surface area contributed by atoms with Crippen molar-refractivity contribution < 1.29 is 37.2 Å². The summed E-state index contributed by atoms with van der Waals surface area (Å²) in [6, 6.07) is 21.3. The number of hydrogen-bond acceptors (Lipinski definition) is 9. The minimum Gasteiger partial charge on any atom is -0.388 e. The smallest absolute Gasteiger partial charge is 0.289 e. The molecule has 1 aliphatic heterocycles. The van der Waals surface area contributed by atoms with Crippen molar-refractivity contribution in [3.05, 3.63) is 102 Å². The molecule has 5 rings (SSSR count). The fraction of sp³-hybridized carbons (Fsp3) is 0.479. The monoisotopic (exact) mass is 897 g/mol. The van der Waals surface area contributed by atoms with Crippen LogP contribution in [0.5, 0.6) is 0 Å². The number of amidine groups is 1. The summed E-state index contributed by atoms with van der Waals surface area (Å²) in [5.41, 5.74) is 7.38. The Balaban J connectivity index is 1.16. The maximum atomic E-state index is 14.2. The number of aliphatic imine (C=N–C) groups is 1. The zero-order valence-corrected chi connectivity index (χ0v) is 37.6. The van der Waals surface area contributed by atoms with E-state index in [2.05, 4.69) is 25.7 Å². The van der Waals surface area contributed by atoms with Crippen LogP contribution in [0.1, 0.15) is 117 Å². The van der Waals surface area contributed by atoms with Gasteiger partial charge in [0.25, 0.3) is 17.7 Å². The number of nitrogens with zero attached hydrogens (tertiary/aromatic N) is 2. The van der Waals surface area contributed by atoms with Crippen molar-refractivity contribution in [3.63, 3.8) is 0 Å². The predicted molar refractivity (Wildman–Crippen MR) is 245 cm³/mol. The summed E-state index contributed by atoms with van der Waals surface area (Å²) >= 11 is 0. The second-order valence-corrected chi connectivity index (χ2v) is 18.4. The van der Waals surface area contributed by atoms with E-state index in [0.29, 0.717) is 48.5 Å². The van der Waals surface area contributed by atoms with Crippen LogP contribution >= 0.6 is 0 Å². The quantitative estimate of drug-likeness (QED) is 0.0231. The number of carbonyl (C=O) groups excluding carboxylic acids is 6. The number of imide groups is 1. The first-order valence-electron chi connectivity index (χ1n) is 22.6. The van der Waals surface area contributed by atoms with Crippen LogP contribution in [-0.4, -0.2) is 92.7 Å². The molecule has 1 unspecified atom stereocenters. The minimum absolute atomic E-state index is 0.00423. The third-order valence-corrected chi connectivity index (χ3v) is 13.3.